The number of nitrogens with one attached hydrogen (secondary N) is 1. The van der Waals surface area contributed by atoms with Crippen LogP contribution in [-0.2, 0) is 0 Å². The highest BCUT2D eigenvalue weighted by atomic mass is 79.9. The predicted molar refractivity (Wildman–Crippen MR) is 112 cm³/mol. The Morgan fingerprint density at radius 3 is 2.58 bits per heavy atom. The number of carbonyl (C=O) groups is 1. The summed E-state index contributed by atoms with van der Waals surface area (Å²) in [5, 5.41) is 5.37. The molecule has 1 atom stereocenters. The average Bonchev–Trinajstić information content (AvgIpc) is 2.67. The molecule has 1 heterocycles. The summed E-state index contributed by atoms with van der Waals surface area (Å²) in [4.78, 5) is 17.4. The molecule has 2 aromatic carbocycles. The number of nitrogens with zero attached hydrogens (tertiary/aromatic N) is 1. The van der Waals surface area contributed by atoms with Crippen molar-refractivity contribution in [3.05, 3.63) is 63.2 Å². The van der Waals surface area contributed by atoms with E-state index in [1.807, 2.05) is 36.4 Å². The first-order valence-electron chi connectivity index (χ1n) is 8.58. The van der Waals surface area contributed by atoms with Gasteiger partial charge in [0, 0.05) is 22.5 Å². The van der Waals surface area contributed by atoms with Gasteiger partial charge in [0.05, 0.1) is 10.7 Å². The van der Waals surface area contributed by atoms with Crippen LogP contribution in [0.3, 0.4) is 0 Å². The van der Waals surface area contributed by atoms with Gasteiger partial charge in [-0.3, -0.25) is 4.79 Å². The SMILES string of the molecule is CC[C@@H](C)c1c(C(=O)NC)nc(-c2cc(Br)ccc2Cl)c2ccccc12. The zero-order chi connectivity index (χ0) is 18.8. The lowest BCUT2D eigenvalue weighted by atomic mass is 9.89. The first kappa shape index (κ1) is 18.9. The summed E-state index contributed by atoms with van der Waals surface area (Å²) >= 11 is 9.97. The van der Waals surface area contributed by atoms with Gasteiger partial charge in [0.15, 0.2) is 0 Å². The van der Waals surface area contributed by atoms with Crippen molar-refractivity contribution in [1.29, 1.82) is 0 Å². The Morgan fingerprint density at radius 2 is 1.92 bits per heavy atom. The van der Waals surface area contributed by atoms with E-state index in [9.17, 15) is 4.79 Å². The third-order valence-corrected chi connectivity index (χ3v) is 5.50. The highest BCUT2D eigenvalue weighted by molar-refractivity contribution is 9.10. The summed E-state index contributed by atoms with van der Waals surface area (Å²) in [7, 11) is 1.63. The van der Waals surface area contributed by atoms with Gasteiger partial charge in [0.1, 0.15) is 5.69 Å². The molecule has 0 unspecified atom stereocenters. The quantitative estimate of drug-likeness (QED) is 0.535. The first-order chi connectivity index (χ1) is 12.5. The fourth-order valence-corrected chi connectivity index (χ4v) is 3.73. The van der Waals surface area contributed by atoms with Crippen LogP contribution in [0.4, 0.5) is 0 Å². The van der Waals surface area contributed by atoms with Gasteiger partial charge >= 0.3 is 0 Å². The van der Waals surface area contributed by atoms with Gasteiger partial charge in [0.25, 0.3) is 5.91 Å². The molecule has 0 aliphatic heterocycles. The third kappa shape index (κ3) is 3.36. The van der Waals surface area contributed by atoms with Crippen molar-refractivity contribution in [3.8, 4) is 11.3 Å². The van der Waals surface area contributed by atoms with E-state index in [0.29, 0.717) is 10.7 Å². The number of rotatable bonds is 4. The van der Waals surface area contributed by atoms with Crippen molar-refractivity contribution < 1.29 is 4.79 Å². The van der Waals surface area contributed by atoms with Crippen LogP contribution in [0.1, 0.15) is 42.2 Å². The van der Waals surface area contributed by atoms with Crippen LogP contribution in [0.5, 0.6) is 0 Å². The second kappa shape index (κ2) is 7.77. The normalized spacial score (nSPS) is 12.2. The van der Waals surface area contributed by atoms with Crippen LogP contribution >= 0.6 is 27.5 Å². The van der Waals surface area contributed by atoms with Crippen molar-refractivity contribution in [2.45, 2.75) is 26.2 Å². The second-order valence-corrected chi connectivity index (χ2v) is 7.60. The smallest absolute Gasteiger partial charge is 0.269 e. The van der Waals surface area contributed by atoms with Crippen LogP contribution in [0, 0.1) is 0 Å². The molecule has 3 aromatic rings. The molecule has 0 bridgehead atoms. The van der Waals surface area contributed by atoms with Gasteiger partial charge in [-0.1, -0.05) is 65.6 Å². The molecule has 5 heteroatoms. The molecule has 3 rings (SSSR count). The monoisotopic (exact) mass is 430 g/mol. The molecule has 134 valence electrons. The lowest BCUT2D eigenvalue weighted by molar-refractivity contribution is 0.0957. The van der Waals surface area contributed by atoms with E-state index in [-0.39, 0.29) is 11.8 Å². The second-order valence-electron chi connectivity index (χ2n) is 6.28. The van der Waals surface area contributed by atoms with E-state index in [2.05, 4.69) is 41.2 Å². The molecule has 3 nitrogen and oxygen atoms in total. The molecule has 26 heavy (non-hydrogen) atoms. The van der Waals surface area contributed by atoms with Crippen molar-refractivity contribution in [2.24, 2.45) is 0 Å². The van der Waals surface area contributed by atoms with Crippen molar-refractivity contribution >= 4 is 44.2 Å². The molecule has 0 saturated heterocycles. The number of hydrogen-bond acceptors (Lipinski definition) is 2. The van der Waals surface area contributed by atoms with Gasteiger partial charge in [0.2, 0.25) is 0 Å². The van der Waals surface area contributed by atoms with Gasteiger partial charge in [-0.2, -0.15) is 0 Å². The lowest BCUT2D eigenvalue weighted by Gasteiger charge is -2.19. The standard InChI is InChI=1S/C21H20BrClN2O/c1-4-12(2)18-14-7-5-6-8-15(14)19(25-20(18)21(26)24-3)16-11-13(22)9-10-17(16)23/h5-12H,4H2,1-3H3,(H,24,26)/t12-/m1/s1. The molecule has 0 radical (unpaired) electrons. The maximum Gasteiger partial charge on any atom is 0.269 e. The maximum absolute atomic E-state index is 12.6. The Hall–Kier alpha value is -1.91. The largest absolute Gasteiger partial charge is 0.354 e. The van der Waals surface area contributed by atoms with Crippen LogP contribution in [0.25, 0.3) is 22.0 Å². The fourth-order valence-electron chi connectivity index (χ4n) is 3.16. The highest BCUT2D eigenvalue weighted by Crippen LogP contribution is 2.38. The number of benzene rings is 2. The van der Waals surface area contributed by atoms with E-state index in [1.54, 1.807) is 7.05 Å². The molecule has 0 aliphatic carbocycles. The Morgan fingerprint density at radius 1 is 1.23 bits per heavy atom. The number of pyridine rings is 1. The minimum atomic E-state index is -0.182. The molecule has 1 N–H and O–H groups in total. The minimum Gasteiger partial charge on any atom is -0.354 e. The number of hydrogen-bond donors (Lipinski definition) is 1. The molecule has 0 spiro atoms. The van der Waals surface area contributed by atoms with Crippen molar-refractivity contribution in [1.82, 2.24) is 10.3 Å². The number of carbonyl (C=O) groups excluding carboxylic acids is 1. The van der Waals surface area contributed by atoms with E-state index in [1.165, 1.54) is 0 Å². The Kier molecular flexibility index (Phi) is 5.64. The summed E-state index contributed by atoms with van der Waals surface area (Å²) in [6, 6.07) is 13.7. The van der Waals surface area contributed by atoms with E-state index < -0.39 is 0 Å². The van der Waals surface area contributed by atoms with Crippen molar-refractivity contribution in [2.75, 3.05) is 7.05 Å². The van der Waals surface area contributed by atoms with E-state index in [0.717, 1.165) is 38.5 Å². The summed E-state index contributed by atoms with van der Waals surface area (Å²) in [5.74, 6) is 0.0325. The van der Waals surface area contributed by atoms with Gasteiger partial charge in [-0.15, -0.1) is 0 Å². The Balaban J connectivity index is 2.45. The third-order valence-electron chi connectivity index (χ3n) is 4.68. The fraction of sp³-hybridized carbons (Fsp3) is 0.238. The molecular weight excluding hydrogens is 412 g/mol. The molecular formula is C21H20BrClN2O. The van der Waals surface area contributed by atoms with Crippen LogP contribution < -0.4 is 5.32 Å². The van der Waals surface area contributed by atoms with E-state index in [4.69, 9.17) is 16.6 Å². The topological polar surface area (TPSA) is 42.0 Å². The minimum absolute atomic E-state index is 0.182. The van der Waals surface area contributed by atoms with Gasteiger partial charge < -0.3 is 5.32 Å². The summed E-state index contributed by atoms with van der Waals surface area (Å²) in [5.41, 5.74) is 2.97. The van der Waals surface area contributed by atoms with Gasteiger partial charge in [-0.25, -0.2) is 4.98 Å². The number of halogens is 2. The maximum atomic E-state index is 12.6. The van der Waals surface area contributed by atoms with Gasteiger partial charge in [-0.05, 0) is 41.5 Å². The number of amides is 1. The molecule has 1 amide bonds. The Labute approximate surface area is 166 Å². The predicted octanol–water partition coefficient (Wildman–Crippen LogP) is 6.19. The number of aromatic nitrogens is 1. The highest BCUT2D eigenvalue weighted by Gasteiger charge is 2.23. The molecule has 0 saturated carbocycles. The Bertz CT molecular complexity index is 987. The van der Waals surface area contributed by atoms with Crippen molar-refractivity contribution in [3.63, 3.8) is 0 Å². The number of fused-ring (bicyclic) bond motifs is 1. The van der Waals surface area contributed by atoms with Crippen LogP contribution in [-0.4, -0.2) is 17.9 Å². The van der Waals surface area contributed by atoms with Crippen LogP contribution in [0.15, 0.2) is 46.9 Å². The summed E-state index contributed by atoms with van der Waals surface area (Å²) in [6.45, 7) is 4.24. The van der Waals surface area contributed by atoms with E-state index >= 15 is 0 Å². The average molecular weight is 432 g/mol. The zero-order valence-electron chi connectivity index (χ0n) is 14.9. The first-order valence-corrected chi connectivity index (χ1v) is 9.75. The zero-order valence-corrected chi connectivity index (χ0v) is 17.3. The molecule has 0 fully saturated rings. The summed E-state index contributed by atoms with van der Waals surface area (Å²) in [6.07, 6.45) is 0.923. The van der Waals surface area contributed by atoms with Crippen LogP contribution in [0.2, 0.25) is 5.02 Å². The molecule has 0 aliphatic rings. The summed E-state index contributed by atoms with van der Waals surface area (Å²) < 4.78 is 0.912. The lowest BCUT2D eigenvalue weighted by Crippen LogP contribution is -2.22. The molecule has 1 aromatic heterocycles.